The molecule has 8 nitrogen and oxygen atoms in total. The minimum Gasteiger partial charge on any atom is -0.490 e. The summed E-state index contributed by atoms with van der Waals surface area (Å²) < 4.78 is 12.1. The Kier molecular flexibility index (Phi) is 8.15. The van der Waals surface area contributed by atoms with Gasteiger partial charge >= 0.3 is 0 Å². The molecule has 2 aromatic carbocycles. The van der Waals surface area contributed by atoms with Crippen LogP contribution in [-0.2, 0) is 4.79 Å². The van der Waals surface area contributed by atoms with E-state index in [9.17, 15) is 9.59 Å². The molecule has 1 aliphatic rings. The summed E-state index contributed by atoms with van der Waals surface area (Å²) in [5, 5.41) is 3.29. The highest BCUT2D eigenvalue weighted by molar-refractivity contribution is 6.31. The van der Waals surface area contributed by atoms with Gasteiger partial charge in [-0.25, -0.2) is 9.97 Å². The van der Waals surface area contributed by atoms with E-state index in [4.69, 9.17) is 21.1 Å². The van der Waals surface area contributed by atoms with Crippen molar-refractivity contribution in [3.63, 3.8) is 0 Å². The normalized spacial score (nSPS) is 15.1. The van der Waals surface area contributed by atoms with Crippen LogP contribution >= 0.6 is 11.6 Å². The number of aryl methyl sites for hydroxylation is 1. The molecule has 0 atom stereocenters. The summed E-state index contributed by atoms with van der Waals surface area (Å²) in [6.07, 6.45) is 6.34. The molecule has 9 heteroatoms. The zero-order valence-electron chi connectivity index (χ0n) is 19.5. The van der Waals surface area contributed by atoms with Crippen molar-refractivity contribution in [2.24, 2.45) is 0 Å². The first-order chi connectivity index (χ1) is 17.0. The predicted octanol–water partition coefficient (Wildman–Crippen LogP) is 5.26. The molecule has 1 aliphatic heterocycles. The Morgan fingerprint density at radius 2 is 1.86 bits per heavy atom. The number of nitrogens with one attached hydrogen (secondary N) is 1. The highest BCUT2D eigenvalue weighted by atomic mass is 35.5. The summed E-state index contributed by atoms with van der Waals surface area (Å²) in [5.74, 6) is 0.935. The molecular weight excluding hydrogens is 468 g/mol. The molecule has 0 radical (unpaired) electrons. The molecule has 2 heterocycles. The van der Waals surface area contributed by atoms with Crippen LogP contribution in [0.3, 0.4) is 0 Å². The second-order valence-electron chi connectivity index (χ2n) is 8.25. The van der Waals surface area contributed by atoms with Gasteiger partial charge < -0.3 is 19.7 Å². The van der Waals surface area contributed by atoms with Gasteiger partial charge in [-0.3, -0.25) is 9.59 Å². The van der Waals surface area contributed by atoms with Crippen LogP contribution in [0.1, 0.15) is 41.7 Å². The van der Waals surface area contributed by atoms with E-state index in [1.54, 1.807) is 25.1 Å². The number of hydrogen-bond acceptors (Lipinski definition) is 6. The van der Waals surface area contributed by atoms with Crippen LogP contribution in [0.2, 0.25) is 5.02 Å². The van der Waals surface area contributed by atoms with Crippen LogP contribution in [0.25, 0.3) is 0 Å². The van der Waals surface area contributed by atoms with Gasteiger partial charge in [-0.1, -0.05) is 36.6 Å². The molecule has 182 valence electrons. The number of hydrogen-bond donors (Lipinski definition) is 1. The second-order valence-corrected chi connectivity index (χ2v) is 8.69. The van der Waals surface area contributed by atoms with E-state index in [2.05, 4.69) is 15.3 Å². The Morgan fingerprint density at radius 3 is 2.69 bits per heavy atom. The van der Waals surface area contributed by atoms with E-state index >= 15 is 0 Å². The third kappa shape index (κ3) is 6.48. The molecule has 0 bridgehead atoms. The van der Waals surface area contributed by atoms with Crippen molar-refractivity contribution in [2.45, 2.75) is 32.6 Å². The fourth-order valence-electron chi connectivity index (χ4n) is 3.79. The lowest BCUT2D eigenvalue weighted by atomic mass is 10.1. The van der Waals surface area contributed by atoms with E-state index in [1.807, 2.05) is 24.3 Å². The van der Waals surface area contributed by atoms with Crippen LogP contribution in [0.4, 0.5) is 5.69 Å². The molecule has 1 aromatic heterocycles. The number of benzene rings is 2. The van der Waals surface area contributed by atoms with Crippen molar-refractivity contribution in [2.75, 3.05) is 25.0 Å². The molecular formula is C26H27ClN4O4. The van der Waals surface area contributed by atoms with Gasteiger partial charge in [0.25, 0.3) is 5.91 Å². The molecule has 0 aliphatic carbocycles. The van der Waals surface area contributed by atoms with Crippen molar-refractivity contribution < 1.29 is 19.1 Å². The number of amides is 2. The Hall–Kier alpha value is -3.65. The molecule has 0 saturated carbocycles. The number of para-hydroxylation sites is 2. The minimum absolute atomic E-state index is 0.126. The van der Waals surface area contributed by atoms with Gasteiger partial charge in [0.15, 0.2) is 17.2 Å². The van der Waals surface area contributed by atoms with Crippen LogP contribution in [-0.4, -0.2) is 46.4 Å². The summed E-state index contributed by atoms with van der Waals surface area (Å²) in [6.45, 7) is 2.61. The molecule has 0 saturated heterocycles. The largest absolute Gasteiger partial charge is 0.490 e. The van der Waals surface area contributed by atoms with Crippen molar-refractivity contribution >= 4 is 29.1 Å². The monoisotopic (exact) mass is 494 g/mol. The molecule has 1 N–H and O–H groups in total. The number of rotatable bonds is 1. The molecule has 4 rings (SSSR count). The smallest absolute Gasteiger partial charge is 0.257 e. The maximum absolute atomic E-state index is 13.2. The second kappa shape index (κ2) is 11.7. The van der Waals surface area contributed by atoms with E-state index in [0.29, 0.717) is 52.4 Å². The standard InChI is InChI=1S/C26H27ClN4O4/c1-18-20(15-28-17-29-18)26(33)31-12-6-2-3-7-13-34-23-8-4-5-9-24(23)35-22-11-10-19(27)14-21(22)30-25(32)16-31/h4-5,8-11,14-15,17H,2-3,6-7,12-13,16H2,1H3,(H,30,32). The third-order valence-corrected chi connectivity index (χ3v) is 5.86. The van der Waals surface area contributed by atoms with E-state index in [0.717, 1.165) is 25.7 Å². The topological polar surface area (TPSA) is 93.7 Å². The lowest BCUT2D eigenvalue weighted by Crippen LogP contribution is -2.39. The predicted molar refractivity (Wildman–Crippen MR) is 133 cm³/mol. The number of halogens is 1. The first kappa shape index (κ1) is 24.5. The number of ether oxygens (including phenoxy) is 2. The van der Waals surface area contributed by atoms with Gasteiger partial charge in [0, 0.05) is 17.8 Å². The van der Waals surface area contributed by atoms with Gasteiger partial charge in [-0.05, 0) is 50.1 Å². The third-order valence-electron chi connectivity index (χ3n) is 5.63. The van der Waals surface area contributed by atoms with Gasteiger partial charge in [-0.2, -0.15) is 0 Å². The summed E-state index contributed by atoms with van der Waals surface area (Å²) in [7, 11) is 0. The average molecular weight is 495 g/mol. The summed E-state index contributed by atoms with van der Waals surface area (Å²) in [4.78, 5) is 35.9. The highest BCUT2D eigenvalue weighted by Gasteiger charge is 2.22. The van der Waals surface area contributed by atoms with Crippen LogP contribution in [0.5, 0.6) is 17.2 Å². The van der Waals surface area contributed by atoms with Crippen molar-refractivity contribution in [1.29, 1.82) is 0 Å². The number of fused-ring (bicyclic) bond motifs is 2. The average Bonchev–Trinajstić information content (AvgIpc) is 2.84. The van der Waals surface area contributed by atoms with Crippen LogP contribution in [0, 0.1) is 6.92 Å². The van der Waals surface area contributed by atoms with Crippen molar-refractivity contribution in [1.82, 2.24) is 14.9 Å². The summed E-state index contributed by atoms with van der Waals surface area (Å²) in [6, 6.07) is 12.4. The number of carbonyl (C=O) groups is 2. The molecule has 35 heavy (non-hydrogen) atoms. The maximum atomic E-state index is 13.2. The van der Waals surface area contributed by atoms with Gasteiger partial charge in [0.2, 0.25) is 5.91 Å². The first-order valence-corrected chi connectivity index (χ1v) is 11.9. The van der Waals surface area contributed by atoms with Crippen LogP contribution < -0.4 is 14.8 Å². The van der Waals surface area contributed by atoms with E-state index in [-0.39, 0.29) is 18.4 Å². The van der Waals surface area contributed by atoms with Crippen molar-refractivity contribution in [3.05, 3.63) is 71.3 Å². The quantitative estimate of drug-likeness (QED) is 0.495. The minimum atomic E-state index is -0.364. The summed E-state index contributed by atoms with van der Waals surface area (Å²) in [5.41, 5.74) is 1.35. The molecule has 2 amide bonds. The SMILES string of the molecule is Cc1ncncc1C(=O)N1CCCCCCOc2ccccc2Oc2ccc(Cl)cc2NC(=O)C1. The Morgan fingerprint density at radius 1 is 1.06 bits per heavy atom. The number of carbonyl (C=O) groups excluding carboxylic acids is 2. The number of aromatic nitrogens is 2. The summed E-state index contributed by atoms with van der Waals surface area (Å²) >= 11 is 6.20. The lowest BCUT2D eigenvalue weighted by Gasteiger charge is -2.23. The van der Waals surface area contributed by atoms with Gasteiger partial charge in [0.05, 0.1) is 23.6 Å². The molecule has 0 spiro atoms. The van der Waals surface area contributed by atoms with Gasteiger partial charge in [-0.15, -0.1) is 0 Å². The maximum Gasteiger partial charge on any atom is 0.257 e. The zero-order chi connectivity index (χ0) is 24.6. The van der Waals surface area contributed by atoms with E-state index < -0.39 is 0 Å². The highest BCUT2D eigenvalue weighted by Crippen LogP contribution is 2.36. The number of anilines is 1. The van der Waals surface area contributed by atoms with Crippen LogP contribution in [0.15, 0.2) is 55.0 Å². The first-order valence-electron chi connectivity index (χ1n) is 11.6. The molecule has 0 unspecified atom stereocenters. The fraction of sp³-hybridized carbons (Fsp3) is 0.308. The lowest BCUT2D eigenvalue weighted by molar-refractivity contribution is -0.116. The number of nitrogens with zero attached hydrogens (tertiary/aromatic N) is 3. The van der Waals surface area contributed by atoms with E-state index in [1.165, 1.54) is 17.4 Å². The van der Waals surface area contributed by atoms with Gasteiger partial charge in [0.1, 0.15) is 12.9 Å². The molecule has 3 aromatic rings. The molecule has 0 fully saturated rings. The Labute approximate surface area is 209 Å². The fourth-order valence-corrected chi connectivity index (χ4v) is 3.96. The zero-order valence-corrected chi connectivity index (χ0v) is 20.3. The Balaban J connectivity index is 1.62. The Bertz CT molecular complexity index is 1200. The van der Waals surface area contributed by atoms with Crippen molar-refractivity contribution in [3.8, 4) is 17.2 Å².